The molecule has 0 radical (unpaired) electrons. The van der Waals surface area contributed by atoms with Crippen LogP contribution < -0.4 is 0 Å². The van der Waals surface area contributed by atoms with E-state index in [0.717, 1.165) is 0 Å². The van der Waals surface area contributed by atoms with E-state index < -0.39 is 0 Å². The van der Waals surface area contributed by atoms with Gasteiger partial charge in [0.15, 0.2) is 1.41 Å². The Hall–Kier alpha value is -0.310. The summed E-state index contributed by atoms with van der Waals surface area (Å²) in [6, 6.07) is 0. The second-order valence-corrected chi connectivity index (χ2v) is 1.48. The Morgan fingerprint density at radius 3 is 3.33 bits per heavy atom. The lowest BCUT2D eigenvalue weighted by atomic mass is 11.0. The second-order valence-electron chi connectivity index (χ2n) is 0.726. The van der Waals surface area contributed by atoms with Crippen LogP contribution in [-0.4, -0.2) is 9.96 Å². The Kier molecular flexibility index (Phi) is 0.394. The van der Waals surface area contributed by atoms with E-state index in [2.05, 4.69) is 20.9 Å². The molecule has 32 valence electrons. The van der Waals surface area contributed by atoms with Gasteiger partial charge >= 0.3 is 0 Å². The summed E-state index contributed by atoms with van der Waals surface area (Å²) in [4.78, 5) is 4.11. The van der Waals surface area contributed by atoms with Crippen molar-refractivity contribution in [1.29, 1.82) is 0 Å². The molecule has 1 heterocycles. The van der Waals surface area contributed by atoms with Crippen LogP contribution in [0.3, 0.4) is 0 Å². The molecular weight excluding hydrogens is 144 g/mol. The number of H-pyrrole nitrogens is 1. The third-order valence-electron chi connectivity index (χ3n) is 0.346. The summed E-state index contributed by atoms with van der Waals surface area (Å²) >= 11 is 2.91. The Labute approximate surface area is 48.0 Å². The molecule has 0 bridgehead atoms. The van der Waals surface area contributed by atoms with Gasteiger partial charge in [-0.2, -0.15) is 0 Å². The fourth-order valence-electron chi connectivity index (χ4n) is 0.165. The van der Waals surface area contributed by atoms with Crippen LogP contribution in [0.25, 0.3) is 0 Å². The molecule has 1 N–H and O–H groups in total. The fourth-order valence-corrected chi connectivity index (χ4v) is 0.333. The van der Waals surface area contributed by atoms with E-state index in [4.69, 9.17) is 4.15 Å². The van der Waals surface area contributed by atoms with Crippen molar-refractivity contribution in [3.05, 3.63) is 17.1 Å². The third kappa shape index (κ3) is 0.597. The van der Waals surface area contributed by atoms with Crippen LogP contribution in [0, 0.1) is 0 Å². The van der Waals surface area contributed by atoms with Gasteiger partial charge in [0.05, 0.1) is 7.67 Å². The van der Waals surface area contributed by atoms with Gasteiger partial charge in [-0.1, -0.05) is 0 Å². The first kappa shape index (κ1) is 1.66. The predicted octanol–water partition coefficient (Wildman–Crippen LogP) is 1.17. The first-order valence-electron chi connectivity index (χ1n) is 2.78. The molecule has 0 saturated heterocycles. The van der Waals surface area contributed by atoms with Crippen molar-refractivity contribution in [2.24, 2.45) is 0 Å². The van der Waals surface area contributed by atoms with Crippen molar-refractivity contribution >= 4 is 15.9 Å². The van der Waals surface area contributed by atoms with Crippen molar-refractivity contribution < 1.29 is 4.15 Å². The quantitative estimate of drug-likeness (QED) is 0.590. The van der Waals surface area contributed by atoms with E-state index in [0.29, 0.717) is 4.98 Å². The van der Waals surface area contributed by atoms with Gasteiger partial charge in [-0.15, -0.1) is 0 Å². The van der Waals surface area contributed by atoms with Crippen LogP contribution in [-0.2, 0) is 0 Å². The Balaban J connectivity index is 3.29. The average molecular weight is 150 g/mol. The SMILES string of the molecule is [2H]c1nc(Br)c([2H])n1[2H]. The standard InChI is InChI=1S/C3H3BrN2/c4-3-1-5-2-6-3/h1-2H,(H,5,6)/i1D,2D/hD. The topological polar surface area (TPSA) is 28.7 Å². The maximum Gasteiger partial charge on any atom is 0.167 e. The highest BCUT2D eigenvalue weighted by Gasteiger charge is 1.77. The fraction of sp³-hybridized carbons (Fsp3) is 0. The average Bonchev–Trinajstić information content (AvgIpc) is 1.98. The molecule has 1 rings (SSSR count). The van der Waals surface area contributed by atoms with Gasteiger partial charge in [0.25, 0.3) is 0 Å². The van der Waals surface area contributed by atoms with Gasteiger partial charge < -0.3 is 4.98 Å². The van der Waals surface area contributed by atoms with Crippen molar-refractivity contribution in [2.45, 2.75) is 0 Å². The van der Waals surface area contributed by atoms with Crippen LogP contribution in [0.15, 0.2) is 17.1 Å². The minimum absolute atomic E-state index is 0.0972. The first-order chi connectivity index (χ1) is 4.13. The second kappa shape index (κ2) is 1.43. The van der Waals surface area contributed by atoms with Crippen molar-refractivity contribution in [3.63, 3.8) is 0 Å². The molecule has 6 heavy (non-hydrogen) atoms. The Morgan fingerprint density at radius 2 is 3.17 bits per heavy atom. The van der Waals surface area contributed by atoms with Crippen LogP contribution in [0.4, 0.5) is 0 Å². The van der Waals surface area contributed by atoms with Crippen LogP contribution in [0.2, 0.25) is 1.41 Å². The number of aromatic amines is 1. The van der Waals surface area contributed by atoms with E-state index >= 15 is 0 Å². The van der Waals surface area contributed by atoms with Crippen molar-refractivity contribution in [1.82, 2.24) is 9.96 Å². The predicted molar refractivity (Wildman–Crippen MR) is 26.3 cm³/mol. The minimum Gasteiger partial charge on any atom is -0.350 e. The van der Waals surface area contributed by atoms with E-state index in [1.807, 2.05) is 0 Å². The molecule has 1 aromatic rings. The van der Waals surface area contributed by atoms with Gasteiger partial charge in [-0.25, -0.2) is 4.98 Å². The zero-order chi connectivity index (χ0) is 7.02. The number of nitrogens with one attached hydrogen (secondary N) is 1. The summed E-state index contributed by atoms with van der Waals surface area (Å²) in [6.07, 6.45) is -0.327. The number of hydrogen-bond donors (Lipinski definition) is 1. The Morgan fingerprint density at radius 1 is 2.33 bits per heavy atom. The zero-order valence-electron chi connectivity index (χ0n) is 5.77. The van der Waals surface area contributed by atoms with Crippen LogP contribution in [0.1, 0.15) is 2.74 Å². The summed E-state index contributed by atoms with van der Waals surface area (Å²) in [7, 11) is 0. The van der Waals surface area contributed by atoms with Crippen LogP contribution >= 0.6 is 15.9 Å². The molecule has 0 aliphatic heterocycles. The van der Waals surface area contributed by atoms with E-state index in [1.165, 1.54) is 0 Å². The van der Waals surface area contributed by atoms with Gasteiger partial charge in [-0.3, -0.25) is 0 Å². The molecule has 0 fully saturated rings. The minimum atomic E-state index is -0.230. The molecule has 3 heteroatoms. The molecule has 0 aliphatic rings. The molecule has 0 unspecified atom stereocenters. The number of aromatic nitrogens is 2. The zero-order valence-corrected chi connectivity index (χ0v) is 4.36. The van der Waals surface area contributed by atoms with E-state index in [1.54, 1.807) is 0 Å². The number of hydrogen-bond acceptors (Lipinski definition) is 1. The number of halogens is 1. The molecule has 2 nitrogen and oxygen atoms in total. The highest BCUT2D eigenvalue weighted by Crippen LogP contribution is 1.98. The molecule has 0 aliphatic carbocycles. The third-order valence-corrected chi connectivity index (χ3v) is 0.701. The summed E-state index contributed by atoms with van der Waals surface area (Å²) in [6.45, 7) is 0. The summed E-state index contributed by atoms with van der Waals surface area (Å²) in [5.74, 6) is 0. The summed E-state index contributed by atoms with van der Waals surface area (Å²) < 4.78 is 21.1. The van der Waals surface area contributed by atoms with Crippen molar-refractivity contribution in [2.75, 3.05) is 0 Å². The largest absolute Gasteiger partial charge is 0.350 e. The van der Waals surface area contributed by atoms with E-state index in [9.17, 15) is 0 Å². The first-order valence-corrected chi connectivity index (χ1v) is 2.13. The lowest BCUT2D eigenvalue weighted by molar-refractivity contribution is 1.30. The van der Waals surface area contributed by atoms with Crippen molar-refractivity contribution in [3.8, 4) is 0 Å². The normalized spacial score (nSPS) is 15.8. The smallest absolute Gasteiger partial charge is 0.167 e. The van der Waals surface area contributed by atoms with Gasteiger partial charge in [0.2, 0.25) is 0 Å². The summed E-state index contributed by atoms with van der Waals surface area (Å²) in [5.41, 5.74) is 0. The van der Waals surface area contributed by atoms with Gasteiger partial charge in [0.1, 0.15) is 5.97 Å². The van der Waals surface area contributed by atoms with Gasteiger partial charge in [0, 0.05) is 6.17 Å². The highest BCUT2D eigenvalue weighted by atomic mass is 79.9. The van der Waals surface area contributed by atoms with Crippen LogP contribution in [0.5, 0.6) is 0 Å². The Bertz CT molecular complexity index is 211. The monoisotopic (exact) mass is 149 g/mol. The molecule has 0 spiro atoms. The van der Waals surface area contributed by atoms with E-state index in [-0.39, 0.29) is 17.1 Å². The molecule has 0 atom stereocenters. The lowest BCUT2D eigenvalue weighted by Crippen LogP contribution is -1.50. The lowest BCUT2D eigenvalue weighted by Gasteiger charge is -1.61. The number of imidazole rings is 1. The molecule has 0 amide bonds. The molecule has 0 saturated carbocycles. The maximum absolute atomic E-state index is 7.01. The summed E-state index contributed by atoms with van der Waals surface area (Å²) in [5, 5.41) is 0. The number of rotatable bonds is 0. The maximum atomic E-state index is 7.01. The van der Waals surface area contributed by atoms with Gasteiger partial charge in [-0.05, 0) is 15.9 Å². The molecule has 1 aromatic heterocycles. The molecule has 0 aromatic carbocycles. The highest BCUT2D eigenvalue weighted by molar-refractivity contribution is 9.10. The number of nitrogens with zero attached hydrogens (tertiary/aromatic N) is 1. The molecular formula is C3H3BrN2.